The van der Waals surface area contributed by atoms with Gasteiger partial charge in [0.05, 0.1) is 5.69 Å². The van der Waals surface area contributed by atoms with E-state index in [-0.39, 0.29) is 17.5 Å². The molecule has 27 heavy (non-hydrogen) atoms. The van der Waals surface area contributed by atoms with E-state index in [0.29, 0.717) is 23.5 Å². The quantitative estimate of drug-likeness (QED) is 0.697. The van der Waals surface area contributed by atoms with Gasteiger partial charge in [0.15, 0.2) is 5.69 Å². The molecule has 6 nitrogen and oxygen atoms in total. The smallest absolute Gasteiger partial charge is 0.278 e. The van der Waals surface area contributed by atoms with Gasteiger partial charge < -0.3 is 10.6 Å². The van der Waals surface area contributed by atoms with Gasteiger partial charge in [-0.25, -0.2) is 0 Å². The maximum absolute atomic E-state index is 12.6. The van der Waals surface area contributed by atoms with Crippen LogP contribution in [0, 0.1) is 0 Å². The topological polar surface area (TPSA) is 76.0 Å². The Morgan fingerprint density at radius 1 is 0.926 bits per heavy atom. The molecule has 2 N–H and O–H groups in total. The highest BCUT2D eigenvalue weighted by Gasteiger charge is 2.19. The molecule has 0 fully saturated rings. The molecular formula is C21H22N4O2. The van der Waals surface area contributed by atoms with Crippen molar-refractivity contribution >= 4 is 23.2 Å². The second kappa shape index (κ2) is 8.31. The van der Waals surface area contributed by atoms with Crippen molar-refractivity contribution in [3.8, 4) is 0 Å². The molecule has 0 atom stereocenters. The monoisotopic (exact) mass is 362 g/mol. The first-order valence-electron chi connectivity index (χ1n) is 8.94. The van der Waals surface area contributed by atoms with E-state index in [1.165, 1.54) is 0 Å². The molecule has 0 saturated carbocycles. The molecular weight excluding hydrogens is 340 g/mol. The lowest BCUT2D eigenvalue weighted by atomic mass is 10.1. The van der Waals surface area contributed by atoms with Crippen molar-refractivity contribution in [2.45, 2.75) is 26.8 Å². The van der Waals surface area contributed by atoms with Crippen LogP contribution in [-0.4, -0.2) is 21.6 Å². The molecule has 0 unspecified atom stereocenters. The van der Waals surface area contributed by atoms with Crippen LogP contribution in [0.2, 0.25) is 0 Å². The lowest BCUT2D eigenvalue weighted by Crippen LogP contribution is -2.18. The van der Waals surface area contributed by atoms with E-state index < -0.39 is 0 Å². The summed E-state index contributed by atoms with van der Waals surface area (Å²) in [4.78, 5) is 25.2. The Bertz CT molecular complexity index is 931. The molecule has 0 spiro atoms. The number of aryl methyl sites for hydroxylation is 2. The van der Waals surface area contributed by atoms with Crippen molar-refractivity contribution in [3.63, 3.8) is 0 Å². The third-order valence-electron chi connectivity index (χ3n) is 4.20. The summed E-state index contributed by atoms with van der Waals surface area (Å²) in [5, 5.41) is 9.89. The van der Waals surface area contributed by atoms with E-state index in [1.807, 2.05) is 37.3 Å². The summed E-state index contributed by atoms with van der Waals surface area (Å²) in [5.74, 6) is -0.646. The number of hydrogen-bond donors (Lipinski definition) is 2. The minimum Gasteiger partial charge on any atom is -0.321 e. The van der Waals surface area contributed by atoms with Gasteiger partial charge in [-0.1, -0.05) is 37.3 Å². The Morgan fingerprint density at radius 3 is 2.26 bits per heavy atom. The Balaban J connectivity index is 1.81. The first-order valence-corrected chi connectivity index (χ1v) is 8.94. The SMILES string of the molecule is CCc1ccc(C(=O)Nc2cn(CC)nc2C(=O)Nc2ccccc2)cc1. The number of rotatable bonds is 6. The Morgan fingerprint density at radius 2 is 1.63 bits per heavy atom. The molecule has 1 heterocycles. The van der Waals surface area contributed by atoms with E-state index in [2.05, 4.69) is 22.7 Å². The van der Waals surface area contributed by atoms with Crippen LogP contribution in [0.25, 0.3) is 0 Å². The van der Waals surface area contributed by atoms with Gasteiger partial charge in [0.1, 0.15) is 0 Å². The fourth-order valence-corrected chi connectivity index (χ4v) is 2.64. The minimum atomic E-state index is -0.370. The summed E-state index contributed by atoms with van der Waals surface area (Å²) >= 11 is 0. The van der Waals surface area contributed by atoms with Gasteiger partial charge in [0.2, 0.25) is 0 Å². The molecule has 138 valence electrons. The van der Waals surface area contributed by atoms with Crippen LogP contribution >= 0.6 is 0 Å². The zero-order valence-corrected chi connectivity index (χ0v) is 15.4. The molecule has 0 aliphatic carbocycles. The lowest BCUT2D eigenvalue weighted by Gasteiger charge is -2.07. The van der Waals surface area contributed by atoms with Gasteiger partial charge in [-0.2, -0.15) is 5.10 Å². The minimum absolute atomic E-state index is 0.180. The number of amides is 2. The number of para-hydroxylation sites is 1. The number of benzene rings is 2. The van der Waals surface area contributed by atoms with Gasteiger partial charge in [-0.15, -0.1) is 0 Å². The van der Waals surface area contributed by atoms with Crippen molar-refractivity contribution in [3.05, 3.63) is 77.6 Å². The molecule has 0 aliphatic heterocycles. The highest BCUT2D eigenvalue weighted by molar-refractivity contribution is 6.11. The van der Waals surface area contributed by atoms with Crippen molar-refractivity contribution in [1.29, 1.82) is 0 Å². The van der Waals surface area contributed by atoms with E-state index in [4.69, 9.17) is 0 Å². The first kappa shape index (κ1) is 18.4. The van der Waals surface area contributed by atoms with Gasteiger partial charge in [-0.05, 0) is 43.2 Å². The predicted molar refractivity (Wildman–Crippen MR) is 106 cm³/mol. The van der Waals surface area contributed by atoms with Crippen LogP contribution in [0.4, 0.5) is 11.4 Å². The normalized spacial score (nSPS) is 10.4. The van der Waals surface area contributed by atoms with Crippen LogP contribution in [0.5, 0.6) is 0 Å². The zero-order chi connectivity index (χ0) is 19.2. The molecule has 1 aromatic heterocycles. The third kappa shape index (κ3) is 4.41. The molecule has 0 aliphatic rings. The van der Waals surface area contributed by atoms with Gasteiger partial charge in [0.25, 0.3) is 11.8 Å². The van der Waals surface area contributed by atoms with E-state index in [0.717, 1.165) is 12.0 Å². The number of hydrogen-bond acceptors (Lipinski definition) is 3. The fraction of sp³-hybridized carbons (Fsp3) is 0.190. The summed E-state index contributed by atoms with van der Waals surface area (Å²) in [6, 6.07) is 16.5. The number of carbonyl (C=O) groups excluding carboxylic acids is 2. The fourth-order valence-electron chi connectivity index (χ4n) is 2.64. The predicted octanol–water partition coefficient (Wildman–Crippen LogP) is 3.97. The number of nitrogens with zero attached hydrogens (tertiary/aromatic N) is 2. The zero-order valence-electron chi connectivity index (χ0n) is 15.4. The maximum atomic E-state index is 12.6. The maximum Gasteiger partial charge on any atom is 0.278 e. The number of carbonyl (C=O) groups is 2. The van der Waals surface area contributed by atoms with Gasteiger partial charge >= 0.3 is 0 Å². The summed E-state index contributed by atoms with van der Waals surface area (Å²) in [5.41, 5.74) is 2.93. The van der Waals surface area contributed by atoms with Gasteiger partial charge in [0, 0.05) is 24.0 Å². The molecule has 3 aromatic rings. The highest BCUT2D eigenvalue weighted by atomic mass is 16.2. The van der Waals surface area contributed by atoms with Crippen LogP contribution in [-0.2, 0) is 13.0 Å². The molecule has 2 amide bonds. The van der Waals surface area contributed by atoms with Crippen LogP contribution in [0.3, 0.4) is 0 Å². The van der Waals surface area contributed by atoms with E-state index >= 15 is 0 Å². The largest absolute Gasteiger partial charge is 0.321 e. The van der Waals surface area contributed by atoms with Crippen LogP contribution < -0.4 is 10.6 Å². The number of aromatic nitrogens is 2. The molecule has 0 bridgehead atoms. The van der Waals surface area contributed by atoms with Crippen molar-refractivity contribution < 1.29 is 9.59 Å². The summed E-state index contributed by atoms with van der Waals surface area (Å²) < 4.78 is 1.62. The molecule has 2 aromatic carbocycles. The van der Waals surface area contributed by atoms with Crippen LogP contribution in [0.1, 0.15) is 40.3 Å². The summed E-state index contributed by atoms with van der Waals surface area (Å²) in [7, 11) is 0. The standard InChI is InChI=1S/C21H22N4O2/c1-3-15-10-12-16(13-11-15)20(26)23-18-14-25(4-2)24-19(18)21(27)22-17-8-6-5-7-9-17/h5-14H,3-4H2,1-2H3,(H,22,27)(H,23,26). The van der Waals surface area contributed by atoms with Crippen molar-refractivity contribution in [2.75, 3.05) is 10.6 Å². The van der Waals surface area contributed by atoms with E-state index in [1.54, 1.807) is 35.1 Å². The molecule has 6 heteroatoms. The highest BCUT2D eigenvalue weighted by Crippen LogP contribution is 2.18. The van der Waals surface area contributed by atoms with Crippen molar-refractivity contribution in [1.82, 2.24) is 9.78 Å². The Kier molecular flexibility index (Phi) is 5.66. The summed E-state index contributed by atoms with van der Waals surface area (Å²) in [6.07, 6.45) is 2.58. The van der Waals surface area contributed by atoms with Gasteiger partial charge in [-0.3, -0.25) is 14.3 Å². The van der Waals surface area contributed by atoms with Crippen molar-refractivity contribution in [2.24, 2.45) is 0 Å². The lowest BCUT2D eigenvalue weighted by molar-refractivity contribution is 0.102. The third-order valence-corrected chi connectivity index (χ3v) is 4.20. The Hall–Kier alpha value is -3.41. The van der Waals surface area contributed by atoms with E-state index in [9.17, 15) is 9.59 Å². The molecule has 3 rings (SSSR count). The second-order valence-corrected chi connectivity index (χ2v) is 6.07. The first-order chi connectivity index (χ1) is 13.1. The number of nitrogens with one attached hydrogen (secondary N) is 2. The number of anilines is 2. The Labute approximate surface area is 158 Å². The molecule has 0 radical (unpaired) electrons. The van der Waals surface area contributed by atoms with Crippen LogP contribution in [0.15, 0.2) is 60.8 Å². The molecule has 0 saturated heterocycles. The average Bonchev–Trinajstić information content (AvgIpc) is 3.12. The second-order valence-electron chi connectivity index (χ2n) is 6.07. The average molecular weight is 362 g/mol. The summed E-state index contributed by atoms with van der Waals surface area (Å²) in [6.45, 7) is 4.57.